The summed E-state index contributed by atoms with van der Waals surface area (Å²) < 4.78 is 6.57. The van der Waals surface area contributed by atoms with Crippen molar-refractivity contribution in [2.45, 2.75) is 25.7 Å². The Morgan fingerprint density at radius 1 is 1.00 bits per heavy atom. The van der Waals surface area contributed by atoms with Crippen molar-refractivity contribution >= 4 is 51.7 Å². The lowest BCUT2D eigenvalue weighted by atomic mass is 9.59. The van der Waals surface area contributed by atoms with Crippen molar-refractivity contribution in [1.29, 1.82) is 0 Å². The minimum Gasteiger partial charge on any atom is -0.507 e. The molecule has 2 amide bonds. The van der Waals surface area contributed by atoms with Gasteiger partial charge in [0.25, 0.3) is 0 Å². The molecule has 2 aromatic carbocycles. The second-order valence-corrected chi connectivity index (χ2v) is 11.4. The van der Waals surface area contributed by atoms with Crippen LogP contribution in [0.1, 0.15) is 31.2 Å². The SMILES string of the molecule is COc1cccc(O)c1[C@H]1C2=CC[C@@H]3C(=O)N(c4ccc(I)cc4)C(=O)[C@@H]3[C@@H]2CC2=C1C(=O)C=C(C)C2=O. The van der Waals surface area contributed by atoms with Crippen LogP contribution in [0.2, 0.25) is 0 Å². The lowest BCUT2D eigenvalue weighted by molar-refractivity contribution is -0.123. The van der Waals surface area contributed by atoms with Gasteiger partial charge in [-0.25, -0.2) is 0 Å². The van der Waals surface area contributed by atoms with Gasteiger partial charge >= 0.3 is 0 Å². The molecule has 1 heterocycles. The number of nitrogens with zero attached hydrogens (tertiary/aromatic N) is 1. The normalized spacial score (nSPS) is 26.6. The van der Waals surface area contributed by atoms with Crippen molar-refractivity contribution in [1.82, 2.24) is 0 Å². The molecule has 0 bridgehead atoms. The molecule has 4 atom stereocenters. The molecule has 0 unspecified atom stereocenters. The van der Waals surface area contributed by atoms with Crippen molar-refractivity contribution in [3.63, 3.8) is 0 Å². The summed E-state index contributed by atoms with van der Waals surface area (Å²) in [5.74, 6) is -3.25. The number of halogens is 1. The summed E-state index contributed by atoms with van der Waals surface area (Å²) in [4.78, 5) is 55.5. The zero-order chi connectivity index (χ0) is 26.9. The number of fused-ring (bicyclic) bond motifs is 3. The summed E-state index contributed by atoms with van der Waals surface area (Å²) in [6, 6.07) is 12.1. The van der Waals surface area contributed by atoms with Gasteiger partial charge in [-0.15, -0.1) is 0 Å². The molecule has 0 saturated carbocycles. The standard InChI is InChI=1S/C30H24INO6/c1-14-12-22(34)25-20(28(14)35)13-19-17(26(25)27-21(33)4-3-5-23(27)38-2)10-11-18-24(19)30(37)32(29(18)36)16-8-6-15(31)7-9-16/h3-10,12,18-19,24,26,33H,11,13H2,1-2H3/t18-,19+,24-,26-/m0/s1. The molecule has 1 aliphatic heterocycles. The molecule has 0 spiro atoms. The molecule has 192 valence electrons. The van der Waals surface area contributed by atoms with Crippen LogP contribution in [0.5, 0.6) is 11.5 Å². The number of allylic oxidation sites excluding steroid dienone is 6. The number of benzene rings is 2. The predicted molar refractivity (Wildman–Crippen MR) is 148 cm³/mol. The van der Waals surface area contributed by atoms with Crippen molar-refractivity contribution in [3.8, 4) is 11.5 Å². The van der Waals surface area contributed by atoms with Gasteiger partial charge < -0.3 is 9.84 Å². The Bertz CT molecular complexity index is 1530. The van der Waals surface area contributed by atoms with E-state index in [4.69, 9.17) is 4.74 Å². The first-order valence-corrected chi connectivity index (χ1v) is 13.5. The topological polar surface area (TPSA) is 101 Å². The third kappa shape index (κ3) is 3.53. The number of ether oxygens (including phenoxy) is 1. The van der Waals surface area contributed by atoms with Crippen LogP contribution in [0.4, 0.5) is 5.69 Å². The van der Waals surface area contributed by atoms with Gasteiger partial charge in [0.1, 0.15) is 11.5 Å². The first-order chi connectivity index (χ1) is 18.2. The van der Waals surface area contributed by atoms with E-state index in [-0.39, 0.29) is 35.6 Å². The summed E-state index contributed by atoms with van der Waals surface area (Å²) in [6.45, 7) is 1.61. The zero-order valence-corrected chi connectivity index (χ0v) is 22.9. The molecule has 7 nitrogen and oxygen atoms in total. The first kappa shape index (κ1) is 24.8. The van der Waals surface area contributed by atoms with Crippen LogP contribution < -0.4 is 9.64 Å². The van der Waals surface area contributed by atoms with Crippen LogP contribution in [-0.4, -0.2) is 35.6 Å². The fourth-order valence-electron chi connectivity index (χ4n) is 6.56. The molecule has 1 N–H and O–H groups in total. The van der Waals surface area contributed by atoms with Gasteiger partial charge in [0.15, 0.2) is 11.6 Å². The number of ketones is 2. The number of carbonyl (C=O) groups is 4. The number of phenolic OH excluding ortho intramolecular Hbond substituents is 1. The van der Waals surface area contributed by atoms with E-state index >= 15 is 0 Å². The van der Waals surface area contributed by atoms with Gasteiger partial charge in [0, 0.05) is 31.8 Å². The largest absolute Gasteiger partial charge is 0.507 e. The molecule has 0 aromatic heterocycles. The minimum absolute atomic E-state index is 0.0641. The van der Waals surface area contributed by atoms with Gasteiger partial charge in [-0.1, -0.05) is 17.7 Å². The highest BCUT2D eigenvalue weighted by Crippen LogP contribution is 2.57. The van der Waals surface area contributed by atoms with Gasteiger partial charge in [-0.05, 0) is 90.7 Å². The van der Waals surface area contributed by atoms with Crippen LogP contribution in [0, 0.1) is 21.3 Å². The number of rotatable bonds is 3. The van der Waals surface area contributed by atoms with Crippen LogP contribution in [0.15, 0.2) is 76.9 Å². The highest BCUT2D eigenvalue weighted by Gasteiger charge is 2.57. The van der Waals surface area contributed by atoms with E-state index in [1.165, 1.54) is 24.2 Å². The summed E-state index contributed by atoms with van der Waals surface area (Å²) in [7, 11) is 1.48. The predicted octanol–water partition coefficient (Wildman–Crippen LogP) is 4.64. The van der Waals surface area contributed by atoms with Crippen LogP contribution in [0.3, 0.4) is 0 Å². The zero-order valence-electron chi connectivity index (χ0n) is 20.7. The van der Waals surface area contributed by atoms with Crippen LogP contribution in [0.25, 0.3) is 0 Å². The molecule has 4 aliphatic rings. The minimum atomic E-state index is -0.767. The molecule has 0 radical (unpaired) electrons. The molecule has 2 aromatic rings. The third-order valence-electron chi connectivity index (χ3n) is 8.20. The Morgan fingerprint density at radius 2 is 1.74 bits per heavy atom. The third-order valence-corrected chi connectivity index (χ3v) is 8.92. The van der Waals surface area contributed by atoms with E-state index in [0.717, 1.165) is 9.14 Å². The van der Waals surface area contributed by atoms with E-state index in [2.05, 4.69) is 22.6 Å². The molecular weight excluding hydrogens is 597 g/mol. The molecular formula is C30H24INO6. The molecule has 1 saturated heterocycles. The molecule has 3 aliphatic carbocycles. The van der Waals surface area contributed by atoms with E-state index in [9.17, 15) is 24.3 Å². The van der Waals surface area contributed by atoms with Gasteiger partial charge in [-0.3, -0.25) is 24.1 Å². The fraction of sp³-hybridized carbons (Fsp3) is 0.267. The maximum atomic E-state index is 13.9. The maximum Gasteiger partial charge on any atom is 0.238 e. The van der Waals surface area contributed by atoms with Crippen molar-refractivity contribution in [3.05, 3.63) is 86.0 Å². The number of phenols is 1. The number of aromatic hydroxyl groups is 1. The lowest BCUT2D eigenvalue weighted by Crippen LogP contribution is -2.40. The number of hydrogen-bond donors (Lipinski definition) is 1. The number of anilines is 1. The number of carbonyl (C=O) groups excluding carboxylic acids is 4. The second-order valence-electron chi connectivity index (χ2n) is 10.1. The Kier molecular flexibility index (Phi) is 5.90. The smallest absolute Gasteiger partial charge is 0.238 e. The Hall–Kier alpha value is -3.53. The number of hydrogen-bond acceptors (Lipinski definition) is 6. The maximum absolute atomic E-state index is 13.9. The van der Waals surface area contributed by atoms with E-state index in [1.54, 1.807) is 31.2 Å². The van der Waals surface area contributed by atoms with Gasteiger partial charge in [0.2, 0.25) is 11.8 Å². The average molecular weight is 621 g/mol. The van der Waals surface area contributed by atoms with Crippen molar-refractivity contribution in [2.75, 3.05) is 12.0 Å². The summed E-state index contributed by atoms with van der Waals surface area (Å²) >= 11 is 2.17. The average Bonchev–Trinajstić information content (AvgIpc) is 3.16. The first-order valence-electron chi connectivity index (χ1n) is 12.4. The summed E-state index contributed by atoms with van der Waals surface area (Å²) in [5.41, 5.74) is 2.68. The van der Waals surface area contributed by atoms with Crippen LogP contribution >= 0.6 is 22.6 Å². The quantitative estimate of drug-likeness (QED) is 0.232. The second kappa shape index (κ2) is 9.04. The van der Waals surface area contributed by atoms with E-state index < -0.39 is 23.7 Å². The van der Waals surface area contributed by atoms with Crippen molar-refractivity contribution in [2.24, 2.45) is 17.8 Å². The Morgan fingerprint density at radius 3 is 2.45 bits per heavy atom. The number of Topliss-reactive ketones (excluding diaryl/α,β-unsaturated/α-hetero) is 1. The van der Waals surface area contributed by atoms with Gasteiger partial charge in [0.05, 0.1) is 24.6 Å². The number of amides is 2. The van der Waals surface area contributed by atoms with Crippen molar-refractivity contribution < 1.29 is 29.0 Å². The molecule has 6 rings (SSSR count). The molecule has 1 fully saturated rings. The van der Waals surface area contributed by atoms with Crippen LogP contribution in [-0.2, 0) is 19.2 Å². The lowest BCUT2D eigenvalue weighted by Gasteiger charge is -2.42. The summed E-state index contributed by atoms with van der Waals surface area (Å²) in [5, 5.41) is 11.0. The van der Waals surface area contributed by atoms with Gasteiger partial charge in [-0.2, -0.15) is 0 Å². The van der Waals surface area contributed by atoms with E-state index in [1.807, 2.05) is 18.2 Å². The fourth-order valence-corrected chi connectivity index (χ4v) is 6.92. The highest BCUT2D eigenvalue weighted by molar-refractivity contribution is 14.1. The number of imide groups is 1. The Balaban J connectivity index is 1.52. The monoisotopic (exact) mass is 621 g/mol. The Labute approximate surface area is 233 Å². The molecule has 38 heavy (non-hydrogen) atoms. The summed E-state index contributed by atoms with van der Waals surface area (Å²) in [6.07, 6.45) is 3.78. The highest BCUT2D eigenvalue weighted by atomic mass is 127. The van der Waals surface area contributed by atoms with E-state index in [0.29, 0.717) is 40.1 Å². The molecule has 8 heteroatoms. The number of methoxy groups -OCH3 is 1.